The van der Waals surface area contributed by atoms with Gasteiger partial charge < -0.3 is 10.3 Å². The molecule has 0 atom stereocenters. The lowest BCUT2D eigenvalue weighted by atomic mass is 10.1. The lowest BCUT2D eigenvalue weighted by molar-refractivity contribution is 0.102. The van der Waals surface area contributed by atoms with Gasteiger partial charge in [0.2, 0.25) is 0 Å². The topological polar surface area (TPSA) is 44.9 Å². The first-order valence-corrected chi connectivity index (χ1v) is 6.50. The molecule has 3 rings (SSSR count). The molecule has 0 aliphatic rings. The Kier molecular flexibility index (Phi) is 3.36. The minimum Gasteiger partial charge on any atom is -0.359 e. The fraction of sp³-hybridized carbons (Fsp3) is 0.0625. The summed E-state index contributed by atoms with van der Waals surface area (Å²) in [4.78, 5) is 15.2. The van der Waals surface area contributed by atoms with E-state index in [2.05, 4.69) is 10.3 Å². The Morgan fingerprint density at radius 2 is 1.86 bits per heavy atom. The van der Waals surface area contributed by atoms with Crippen LogP contribution in [0, 0.1) is 24.4 Å². The molecule has 112 valence electrons. The number of aromatic amines is 1. The lowest BCUT2D eigenvalue weighted by Gasteiger charge is -2.08. The Bertz CT molecular complexity index is 886. The lowest BCUT2D eigenvalue weighted by Crippen LogP contribution is -2.15. The fourth-order valence-corrected chi connectivity index (χ4v) is 2.29. The van der Waals surface area contributed by atoms with Crippen molar-refractivity contribution in [2.45, 2.75) is 6.92 Å². The number of fused-ring (bicyclic) bond motifs is 1. The van der Waals surface area contributed by atoms with Crippen LogP contribution in [0.3, 0.4) is 0 Å². The van der Waals surface area contributed by atoms with E-state index in [1.807, 2.05) is 19.1 Å². The highest BCUT2D eigenvalue weighted by molar-refractivity contribution is 6.09. The van der Waals surface area contributed by atoms with E-state index < -0.39 is 28.9 Å². The second kappa shape index (κ2) is 5.22. The molecular weight excluding hydrogens is 293 g/mol. The number of carbonyl (C=O) groups excluding carboxylic acids is 1. The Hall–Kier alpha value is -2.76. The van der Waals surface area contributed by atoms with E-state index >= 15 is 0 Å². The molecule has 6 heteroatoms. The predicted octanol–water partition coefficient (Wildman–Crippen LogP) is 4.15. The van der Waals surface area contributed by atoms with Crippen molar-refractivity contribution < 1.29 is 18.0 Å². The zero-order chi connectivity index (χ0) is 15.9. The maximum Gasteiger partial charge on any atom is 0.258 e. The fourth-order valence-electron chi connectivity index (χ4n) is 2.29. The van der Waals surface area contributed by atoms with Crippen LogP contribution in [0.4, 0.5) is 18.9 Å². The van der Waals surface area contributed by atoms with Crippen molar-refractivity contribution in [3.63, 3.8) is 0 Å². The number of hydrogen-bond acceptors (Lipinski definition) is 1. The molecule has 2 N–H and O–H groups in total. The van der Waals surface area contributed by atoms with Crippen molar-refractivity contribution >= 4 is 22.5 Å². The number of aromatic nitrogens is 1. The maximum absolute atomic E-state index is 13.7. The molecular formula is C16H11F3N2O. The van der Waals surface area contributed by atoms with Crippen molar-refractivity contribution in [1.82, 2.24) is 4.98 Å². The average Bonchev–Trinajstić information content (AvgIpc) is 2.86. The molecule has 0 saturated heterocycles. The van der Waals surface area contributed by atoms with Crippen molar-refractivity contribution in [2.24, 2.45) is 0 Å². The number of nitrogens with one attached hydrogen (secondary N) is 2. The van der Waals surface area contributed by atoms with Crippen LogP contribution in [0.25, 0.3) is 10.9 Å². The van der Waals surface area contributed by atoms with E-state index in [9.17, 15) is 18.0 Å². The van der Waals surface area contributed by atoms with Gasteiger partial charge in [-0.3, -0.25) is 4.79 Å². The Labute approximate surface area is 123 Å². The quantitative estimate of drug-likeness (QED) is 0.686. The first kappa shape index (κ1) is 14.2. The van der Waals surface area contributed by atoms with Gasteiger partial charge in [0.1, 0.15) is 0 Å². The summed E-state index contributed by atoms with van der Waals surface area (Å²) >= 11 is 0. The molecule has 22 heavy (non-hydrogen) atoms. The Morgan fingerprint density at radius 3 is 2.64 bits per heavy atom. The van der Waals surface area contributed by atoms with Crippen molar-refractivity contribution in [3.05, 3.63) is 65.1 Å². The second-order valence-corrected chi connectivity index (χ2v) is 4.90. The van der Waals surface area contributed by atoms with Gasteiger partial charge in [0.05, 0.1) is 11.3 Å². The Morgan fingerprint density at radius 1 is 1.09 bits per heavy atom. The SMILES string of the molecule is Cc1cc2c(NC(=O)c3ccc(F)c(F)c3F)cccc2[nH]1. The van der Waals surface area contributed by atoms with Crippen LogP contribution in [0.1, 0.15) is 16.1 Å². The van der Waals surface area contributed by atoms with Crippen molar-refractivity contribution in [1.29, 1.82) is 0 Å². The van der Waals surface area contributed by atoms with Crippen LogP contribution in [-0.4, -0.2) is 10.9 Å². The number of halogens is 3. The molecule has 3 aromatic rings. The minimum absolute atomic E-state index is 0.455. The average molecular weight is 304 g/mol. The maximum atomic E-state index is 13.7. The summed E-state index contributed by atoms with van der Waals surface area (Å²) in [5.74, 6) is -5.35. The van der Waals surface area contributed by atoms with E-state index in [1.54, 1.807) is 12.1 Å². The summed E-state index contributed by atoms with van der Waals surface area (Å²) in [5.41, 5.74) is 1.61. The highest BCUT2D eigenvalue weighted by atomic mass is 19.2. The van der Waals surface area contributed by atoms with Gasteiger partial charge in [-0.15, -0.1) is 0 Å². The summed E-state index contributed by atoms with van der Waals surface area (Å²) in [6, 6.07) is 8.64. The molecule has 1 aromatic heterocycles. The zero-order valence-electron chi connectivity index (χ0n) is 11.5. The van der Waals surface area contributed by atoms with Crippen molar-refractivity contribution in [2.75, 3.05) is 5.32 Å². The molecule has 0 fully saturated rings. The molecule has 1 heterocycles. The third kappa shape index (κ3) is 2.32. The van der Waals surface area contributed by atoms with Gasteiger partial charge in [0.25, 0.3) is 5.91 Å². The second-order valence-electron chi connectivity index (χ2n) is 4.90. The summed E-state index contributed by atoms with van der Waals surface area (Å²) in [7, 11) is 0. The third-order valence-corrected chi connectivity index (χ3v) is 3.33. The molecule has 0 radical (unpaired) electrons. The van der Waals surface area contributed by atoms with Crippen LogP contribution < -0.4 is 5.32 Å². The predicted molar refractivity (Wildman–Crippen MR) is 77.3 cm³/mol. The molecule has 1 amide bonds. The van der Waals surface area contributed by atoms with Crippen molar-refractivity contribution in [3.8, 4) is 0 Å². The molecule has 0 unspecified atom stereocenters. The van der Waals surface area contributed by atoms with E-state index in [0.717, 1.165) is 22.7 Å². The first-order valence-electron chi connectivity index (χ1n) is 6.50. The highest BCUT2D eigenvalue weighted by Crippen LogP contribution is 2.25. The number of anilines is 1. The largest absolute Gasteiger partial charge is 0.359 e. The molecule has 0 saturated carbocycles. The molecule has 0 spiro atoms. The first-order chi connectivity index (χ1) is 10.5. The van der Waals surface area contributed by atoms with Crippen LogP contribution in [0.5, 0.6) is 0 Å². The number of amides is 1. The van der Waals surface area contributed by atoms with E-state index in [1.165, 1.54) is 0 Å². The molecule has 0 aliphatic carbocycles. The minimum atomic E-state index is -1.66. The van der Waals surface area contributed by atoms with Crippen LogP contribution in [-0.2, 0) is 0 Å². The third-order valence-electron chi connectivity index (χ3n) is 3.33. The van der Waals surface area contributed by atoms with Crippen LogP contribution >= 0.6 is 0 Å². The molecule has 3 nitrogen and oxygen atoms in total. The monoisotopic (exact) mass is 304 g/mol. The number of carbonyl (C=O) groups is 1. The van der Waals surface area contributed by atoms with Gasteiger partial charge in [-0.05, 0) is 37.3 Å². The normalized spacial score (nSPS) is 10.9. The van der Waals surface area contributed by atoms with E-state index in [0.29, 0.717) is 11.8 Å². The van der Waals surface area contributed by atoms with Gasteiger partial charge in [0.15, 0.2) is 17.5 Å². The summed E-state index contributed by atoms with van der Waals surface area (Å²) in [6.07, 6.45) is 0. The van der Waals surface area contributed by atoms with E-state index in [4.69, 9.17) is 0 Å². The van der Waals surface area contributed by atoms with Gasteiger partial charge >= 0.3 is 0 Å². The number of benzene rings is 2. The number of rotatable bonds is 2. The summed E-state index contributed by atoms with van der Waals surface area (Å²) in [6.45, 7) is 1.86. The standard InChI is InChI=1S/C16H11F3N2O/c1-8-7-10-12(20-8)3-2-4-13(10)21-16(22)9-5-6-11(17)15(19)14(9)18/h2-7,20H,1H3,(H,21,22). The summed E-state index contributed by atoms with van der Waals surface area (Å²) in [5, 5.41) is 3.26. The zero-order valence-corrected chi connectivity index (χ0v) is 11.5. The van der Waals surface area contributed by atoms with Gasteiger partial charge in [-0.25, -0.2) is 13.2 Å². The Balaban J connectivity index is 1.98. The molecule has 2 aromatic carbocycles. The van der Waals surface area contributed by atoms with Crippen LogP contribution in [0.15, 0.2) is 36.4 Å². The highest BCUT2D eigenvalue weighted by Gasteiger charge is 2.19. The van der Waals surface area contributed by atoms with Gasteiger partial charge in [-0.2, -0.15) is 0 Å². The number of hydrogen-bond donors (Lipinski definition) is 2. The number of H-pyrrole nitrogens is 1. The number of aryl methyl sites for hydroxylation is 1. The van der Waals surface area contributed by atoms with Gasteiger partial charge in [-0.1, -0.05) is 6.07 Å². The molecule has 0 bridgehead atoms. The van der Waals surface area contributed by atoms with Gasteiger partial charge in [0, 0.05) is 16.6 Å². The smallest absolute Gasteiger partial charge is 0.258 e. The molecule has 0 aliphatic heterocycles. The summed E-state index contributed by atoms with van der Waals surface area (Å²) < 4.78 is 39.8. The van der Waals surface area contributed by atoms with Crippen LogP contribution in [0.2, 0.25) is 0 Å². The van der Waals surface area contributed by atoms with E-state index in [-0.39, 0.29) is 0 Å².